The third-order valence-electron chi connectivity index (χ3n) is 3.79. The first-order valence-corrected chi connectivity index (χ1v) is 8.50. The van der Waals surface area contributed by atoms with Crippen molar-refractivity contribution in [3.8, 4) is 11.8 Å². The molecule has 0 aliphatic heterocycles. The lowest BCUT2D eigenvalue weighted by Gasteiger charge is -2.12. The van der Waals surface area contributed by atoms with E-state index >= 15 is 0 Å². The molecule has 0 radical (unpaired) electrons. The Kier molecular flexibility index (Phi) is 10.2. The number of hydrogen-bond donors (Lipinski definition) is 2. The molecule has 144 valence electrons. The second-order valence-corrected chi connectivity index (χ2v) is 5.64. The number of rotatable bonds is 7. The molecule has 0 aliphatic carbocycles. The van der Waals surface area contributed by atoms with Crippen LogP contribution >= 0.6 is 24.0 Å². The summed E-state index contributed by atoms with van der Waals surface area (Å²) in [5.74, 6) is 1.09. The first-order valence-electron chi connectivity index (χ1n) is 8.50. The standard InChI is InChI=1S/C20H23FN4O.HI/c1-3-23-20(24-11-10-15-4-7-18(26-2)8-5-15)25-14-17-12-16(13-22)6-9-19(17)21;/h4-9,12H,3,10-11,14H2,1-2H3,(H2,23,24,25);1H. The van der Waals surface area contributed by atoms with Gasteiger partial charge in [0.2, 0.25) is 0 Å². The van der Waals surface area contributed by atoms with Crippen LogP contribution in [0, 0.1) is 17.1 Å². The molecule has 5 nitrogen and oxygen atoms in total. The van der Waals surface area contributed by atoms with Crippen molar-refractivity contribution in [3.05, 3.63) is 65.0 Å². The molecule has 0 bridgehead atoms. The second kappa shape index (κ2) is 12.1. The molecule has 0 fully saturated rings. The number of nitrogens with zero attached hydrogens (tertiary/aromatic N) is 2. The van der Waals surface area contributed by atoms with Gasteiger partial charge in [0.25, 0.3) is 0 Å². The Morgan fingerprint density at radius 2 is 1.93 bits per heavy atom. The summed E-state index contributed by atoms with van der Waals surface area (Å²) in [5.41, 5.74) is 2.01. The van der Waals surface area contributed by atoms with Crippen molar-refractivity contribution in [1.82, 2.24) is 10.6 Å². The fourth-order valence-corrected chi connectivity index (χ4v) is 2.39. The molecule has 27 heavy (non-hydrogen) atoms. The molecule has 0 amide bonds. The molecular weight excluding hydrogens is 458 g/mol. The summed E-state index contributed by atoms with van der Waals surface area (Å²) in [7, 11) is 1.64. The summed E-state index contributed by atoms with van der Waals surface area (Å²) in [6.45, 7) is 3.53. The molecule has 0 atom stereocenters. The Hall–Kier alpha value is -2.34. The zero-order valence-corrected chi connectivity index (χ0v) is 17.8. The van der Waals surface area contributed by atoms with Crippen LogP contribution in [0.15, 0.2) is 47.5 Å². The lowest BCUT2D eigenvalue weighted by atomic mass is 10.1. The average molecular weight is 482 g/mol. The SMILES string of the molecule is CCNC(=NCc1cc(C#N)ccc1F)NCCc1ccc(OC)cc1.I. The van der Waals surface area contributed by atoms with Crippen molar-refractivity contribution in [3.63, 3.8) is 0 Å². The number of methoxy groups -OCH3 is 1. The highest BCUT2D eigenvalue weighted by Gasteiger charge is 2.04. The molecule has 2 N–H and O–H groups in total. The van der Waals surface area contributed by atoms with Crippen LogP contribution in [-0.4, -0.2) is 26.2 Å². The maximum Gasteiger partial charge on any atom is 0.191 e. The van der Waals surface area contributed by atoms with E-state index in [2.05, 4.69) is 15.6 Å². The summed E-state index contributed by atoms with van der Waals surface area (Å²) in [6, 6.07) is 14.2. The smallest absolute Gasteiger partial charge is 0.191 e. The monoisotopic (exact) mass is 482 g/mol. The second-order valence-electron chi connectivity index (χ2n) is 5.64. The van der Waals surface area contributed by atoms with Gasteiger partial charge in [-0.1, -0.05) is 12.1 Å². The highest BCUT2D eigenvalue weighted by Crippen LogP contribution is 2.12. The number of ether oxygens (including phenoxy) is 1. The summed E-state index contributed by atoms with van der Waals surface area (Å²) < 4.78 is 19.0. The average Bonchev–Trinajstić information content (AvgIpc) is 2.67. The topological polar surface area (TPSA) is 69.4 Å². The third-order valence-corrected chi connectivity index (χ3v) is 3.79. The van der Waals surface area contributed by atoms with Crippen LogP contribution in [0.2, 0.25) is 0 Å². The minimum atomic E-state index is -0.359. The van der Waals surface area contributed by atoms with Crippen LogP contribution in [0.4, 0.5) is 4.39 Å². The van der Waals surface area contributed by atoms with Crippen molar-refractivity contribution < 1.29 is 9.13 Å². The zero-order chi connectivity index (χ0) is 18.8. The van der Waals surface area contributed by atoms with E-state index in [1.54, 1.807) is 7.11 Å². The normalized spacial score (nSPS) is 10.5. The highest BCUT2D eigenvalue weighted by molar-refractivity contribution is 14.0. The van der Waals surface area contributed by atoms with Crippen LogP contribution in [0.25, 0.3) is 0 Å². The molecule has 0 aromatic heterocycles. The Bertz CT molecular complexity index is 788. The third kappa shape index (κ3) is 7.43. The van der Waals surface area contributed by atoms with Crippen molar-refractivity contribution in [2.75, 3.05) is 20.2 Å². The number of halogens is 2. The van der Waals surface area contributed by atoms with E-state index in [4.69, 9.17) is 10.00 Å². The summed E-state index contributed by atoms with van der Waals surface area (Å²) in [4.78, 5) is 4.40. The molecule has 0 aliphatic rings. The number of benzene rings is 2. The largest absolute Gasteiger partial charge is 0.497 e. The van der Waals surface area contributed by atoms with Gasteiger partial charge in [-0.25, -0.2) is 9.38 Å². The predicted octanol–water partition coefficient (Wildman–Crippen LogP) is 3.62. The van der Waals surface area contributed by atoms with E-state index in [-0.39, 0.29) is 36.3 Å². The lowest BCUT2D eigenvalue weighted by molar-refractivity contribution is 0.414. The van der Waals surface area contributed by atoms with Gasteiger partial charge in [0, 0.05) is 18.7 Å². The summed E-state index contributed by atoms with van der Waals surface area (Å²) in [5, 5.41) is 15.3. The molecule has 2 aromatic carbocycles. The van der Waals surface area contributed by atoms with Gasteiger partial charge in [-0.15, -0.1) is 24.0 Å². The Labute approximate surface area is 176 Å². The van der Waals surface area contributed by atoms with Crippen LogP contribution in [0.1, 0.15) is 23.6 Å². The Morgan fingerprint density at radius 1 is 1.19 bits per heavy atom. The minimum Gasteiger partial charge on any atom is -0.497 e. The van der Waals surface area contributed by atoms with Gasteiger partial charge in [-0.3, -0.25) is 0 Å². The van der Waals surface area contributed by atoms with Gasteiger partial charge >= 0.3 is 0 Å². The Balaban J connectivity index is 0.00000364. The van der Waals surface area contributed by atoms with E-state index in [0.29, 0.717) is 30.2 Å². The lowest BCUT2D eigenvalue weighted by Crippen LogP contribution is -2.38. The van der Waals surface area contributed by atoms with Gasteiger partial charge in [0.05, 0.1) is 25.3 Å². The number of guanidine groups is 1. The van der Waals surface area contributed by atoms with Crippen LogP contribution in [0.3, 0.4) is 0 Å². The molecule has 7 heteroatoms. The summed E-state index contributed by atoms with van der Waals surface area (Å²) in [6.07, 6.45) is 0.826. The fourth-order valence-electron chi connectivity index (χ4n) is 2.39. The highest BCUT2D eigenvalue weighted by atomic mass is 127. The first kappa shape index (κ1) is 22.7. The van der Waals surface area contributed by atoms with Crippen molar-refractivity contribution in [1.29, 1.82) is 5.26 Å². The van der Waals surface area contributed by atoms with Gasteiger partial charge in [-0.2, -0.15) is 5.26 Å². The number of hydrogen-bond acceptors (Lipinski definition) is 3. The molecule has 0 spiro atoms. The Morgan fingerprint density at radius 3 is 2.56 bits per heavy atom. The molecule has 2 aromatic rings. The van der Waals surface area contributed by atoms with Gasteiger partial charge in [0.15, 0.2) is 5.96 Å². The van der Waals surface area contributed by atoms with Gasteiger partial charge in [-0.05, 0) is 49.2 Å². The number of nitriles is 1. The minimum absolute atomic E-state index is 0. The van der Waals surface area contributed by atoms with Crippen molar-refractivity contribution >= 4 is 29.9 Å². The quantitative estimate of drug-likeness (QED) is 0.360. The predicted molar refractivity (Wildman–Crippen MR) is 116 cm³/mol. The summed E-state index contributed by atoms with van der Waals surface area (Å²) >= 11 is 0. The van der Waals surface area contributed by atoms with E-state index in [1.807, 2.05) is 37.3 Å². The zero-order valence-electron chi connectivity index (χ0n) is 15.5. The maximum atomic E-state index is 13.8. The van der Waals surface area contributed by atoms with Crippen LogP contribution in [0.5, 0.6) is 5.75 Å². The molecule has 2 rings (SSSR count). The van der Waals surface area contributed by atoms with E-state index < -0.39 is 0 Å². The van der Waals surface area contributed by atoms with Gasteiger partial charge in [0.1, 0.15) is 11.6 Å². The molecular formula is C20H24FIN4O. The number of nitrogens with one attached hydrogen (secondary N) is 2. The van der Waals surface area contributed by atoms with E-state index in [9.17, 15) is 4.39 Å². The number of aliphatic imine (C=N–C) groups is 1. The van der Waals surface area contributed by atoms with Gasteiger partial charge < -0.3 is 15.4 Å². The molecule has 0 saturated carbocycles. The van der Waals surface area contributed by atoms with Crippen molar-refractivity contribution in [2.24, 2.45) is 4.99 Å². The van der Waals surface area contributed by atoms with E-state index in [1.165, 1.54) is 23.8 Å². The molecule has 0 heterocycles. The van der Waals surface area contributed by atoms with E-state index in [0.717, 1.165) is 12.2 Å². The molecule has 0 saturated heterocycles. The maximum absolute atomic E-state index is 13.8. The molecule has 0 unspecified atom stereocenters. The van der Waals surface area contributed by atoms with Crippen LogP contribution in [-0.2, 0) is 13.0 Å². The first-order chi connectivity index (χ1) is 12.7. The van der Waals surface area contributed by atoms with Crippen LogP contribution < -0.4 is 15.4 Å². The fraction of sp³-hybridized carbons (Fsp3) is 0.300. The van der Waals surface area contributed by atoms with Crippen molar-refractivity contribution in [2.45, 2.75) is 19.9 Å².